The zero-order chi connectivity index (χ0) is 12.8. The largest absolute Gasteiger partial charge is 0.312 e. The second kappa shape index (κ2) is 6.74. The first-order valence-electron chi connectivity index (χ1n) is 6.62. The van der Waals surface area contributed by atoms with E-state index in [2.05, 4.69) is 26.1 Å². The minimum atomic E-state index is -0.00908. The molecule has 1 aliphatic heterocycles. The van der Waals surface area contributed by atoms with Gasteiger partial charge in [-0.15, -0.1) is 0 Å². The number of likely N-dealkylation sites (tertiary alicyclic amines) is 1. The highest BCUT2D eigenvalue weighted by Crippen LogP contribution is 2.14. The van der Waals surface area contributed by atoms with Crippen molar-refractivity contribution in [3.8, 4) is 0 Å². The molecule has 1 saturated heterocycles. The van der Waals surface area contributed by atoms with E-state index >= 15 is 0 Å². The molecule has 4 nitrogen and oxygen atoms in total. The Bertz CT molecular complexity index is 261. The molecule has 0 spiro atoms. The predicted molar refractivity (Wildman–Crippen MR) is 67.5 cm³/mol. The molecule has 1 atom stereocenters. The monoisotopic (exact) mass is 240 g/mol. The van der Waals surface area contributed by atoms with E-state index in [1.54, 1.807) is 0 Å². The van der Waals surface area contributed by atoms with E-state index in [0.717, 1.165) is 13.0 Å². The van der Waals surface area contributed by atoms with Crippen LogP contribution < -0.4 is 5.32 Å². The number of piperidine rings is 1. The van der Waals surface area contributed by atoms with E-state index in [0.29, 0.717) is 31.7 Å². The van der Waals surface area contributed by atoms with Gasteiger partial charge >= 0.3 is 0 Å². The molecule has 4 heteroatoms. The van der Waals surface area contributed by atoms with Crippen LogP contribution in [0.25, 0.3) is 0 Å². The molecular weight excluding hydrogens is 216 g/mol. The number of hydrogen-bond donors (Lipinski definition) is 1. The Kier molecular flexibility index (Phi) is 5.62. The molecule has 2 amide bonds. The predicted octanol–water partition coefficient (Wildman–Crippen LogP) is 1.55. The molecule has 0 aromatic rings. The molecule has 0 saturated carbocycles. The average molecular weight is 240 g/mol. The highest BCUT2D eigenvalue weighted by Gasteiger charge is 2.28. The highest BCUT2D eigenvalue weighted by atomic mass is 16.2. The first-order valence-corrected chi connectivity index (χ1v) is 6.62. The van der Waals surface area contributed by atoms with Crippen LogP contribution in [0.3, 0.4) is 0 Å². The summed E-state index contributed by atoms with van der Waals surface area (Å²) in [6, 6.07) is 0.209. The van der Waals surface area contributed by atoms with Crippen molar-refractivity contribution in [2.75, 3.05) is 13.1 Å². The molecule has 1 fully saturated rings. The van der Waals surface area contributed by atoms with Crippen LogP contribution in [0.2, 0.25) is 0 Å². The van der Waals surface area contributed by atoms with Gasteiger partial charge in [0.05, 0.1) is 0 Å². The number of rotatable bonds is 6. The summed E-state index contributed by atoms with van der Waals surface area (Å²) in [5.74, 6) is 0.402. The molecular formula is C13H24N2O2. The molecule has 0 aromatic carbocycles. The van der Waals surface area contributed by atoms with Crippen LogP contribution in [0.1, 0.15) is 46.5 Å². The standard InChI is InChI=1S/C13H24N2O2/c1-4-8-14-11(10(2)3)9-15-12(16)6-5-7-13(15)17/h10-11,14H,4-9H2,1-3H3. The summed E-state index contributed by atoms with van der Waals surface area (Å²) in [6.07, 6.45) is 2.81. The van der Waals surface area contributed by atoms with Crippen LogP contribution in [0, 0.1) is 5.92 Å². The molecule has 98 valence electrons. The molecule has 17 heavy (non-hydrogen) atoms. The van der Waals surface area contributed by atoms with Gasteiger partial charge in [0.15, 0.2) is 0 Å². The van der Waals surface area contributed by atoms with Crippen molar-refractivity contribution in [2.45, 2.75) is 52.5 Å². The molecule has 0 aliphatic carbocycles. The number of amides is 2. The zero-order valence-electron chi connectivity index (χ0n) is 11.2. The lowest BCUT2D eigenvalue weighted by molar-refractivity contribution is -0.148. The summed E-state index contributed by atoms with van der Waals surface area (Å²) in [5, 5.41) is 3.41. The van der Waals surface area contributed by atoms with E-state index in [1.165, 1.54) is 4.90 Å². The first kappa shape index (κ1) is 14.2. The minimum Gasteiger partial charge on any atom is -0.312 e. The summed E-state index contributed by atoms with van der Waals surface area (Å²) in [7, 11) is 0. The van der Waals surface area contributed by atoms with E-state index in [1.807, 2.05) is 0 Å². The van der Waals surface area contributed by atoms with Gasteiger partial charge in [-0.1, -0.05) is 20.8 Å². The van der Waals surface area contributed by atoms with Crippen LogP contribution in [-0.2, 0) is 9.59 Å². The third kappa shape index (κ3) is 4.11. The van der Waals surface area contributed by atoms with Crippen molar-refractivity contribution < 1.29 is 9.59 Å². The molecule has 1 heterocycles. The van der Waals surface area contributed by atoms with Crippen LogP contribution in [-0.4, -0.2) is 35.8 Å². The Balaban J connectivity index is 2.57. The third-order valence-corrected chi connectivity index (χ3v) is 3.22. The zero-order valence-corrected chi connectivity index (χ0v) is 11.2. The van der Waals surface area contributed by atoms with Gasteiger partial charge in [-0.25, -0.2) is 0 Å². The van der Waals surface area contributed by atoms with Crippen LogP contribution >= 0.6 is 0 Å². The van der Waals surface area contributed by atoms with E-state index in [4.69, 9.17) is 0 Å². The Hall–Kier alpha value is -0.900. The number of carbonyl (C=O) groups is 2. The smallest absolute Gasteiger partial charge is 0.229 e. The van der Waals surface area contributed by atoms with Gasteiger partial charge in [0.2, 0.25) is 11.8 Å². The lowest BCUT2D eigenvalue weighted by Crippen LogP contribution is -2.50. The van der Waals surface area contributed by atoms with Crippen molar-refractivity contribution in [1.82, 2.24) is 10.2 Å². The summed E-state index contributed by atoms with van der Waals surface area (Å²) >= 11 is 0. The van der Waals surface area contributed by atoms with Crippen LogP contribution in [0.5, 0.6) is 0 Å². The Morgan fingerprint density at radius 2 is 1.82 bits per heavy atom. The Labute approximate surface area is 104 Å². The topological polar surface area (TPSA) is 49.4 Å². The number of imide groups is 1. The third-order valence-electron chi connectivity index (χ3n) is 3.22. The van der Waals surface area contributed by atoms with Crippen molar-refractivity contribution in [3.05, 3.63) is 0 Å². The molecule has 0 bridgehead atoms. The van der Waals surface area contributed by atoms with E-state index < -0.39 is 0 Å². The molecule has 0 aromatic heterocycles. The minimum absolute atomic E-state index is 0.00908. The average Bonchev–Trinajstić information content (AvgIpc) is 2.27. The van der Waals surface area contributed by atoms with Gasteiger partial charge in [-0.3, -0.25) is 14.5 Å². The van der Waals surface area contributed by atoms with Gasteiger partial charge < -0.3 is 5.32 Å². The van der Waals surface area contributed by atoms with Crippen LogP contribution in [0.4, 0.5) is 0 Å². The second-order valence-electron chi connectivity index (χ2n) is 5.06. The maximum absolute atomic E-state index is 11.7. The van der Waals surface area contributed by atoms with Crippen molar-refractivity contribution in [1.29, 1.82) is 0 Å². The number of nitrogens with zero attached hydrogens (tertiary/aromatic N) is 1. The second-order valence-corrected chi connectivity index (χ2v) is 5.06. The van der Waals surface area contributed by atoms with Gasteiger partial charge in [-0.2, -0.15) is 0 Å². The van der Waals surface area contributed by atoms with Crippen molar-refractivity contribution >= 4 is 11.8 Å². The normalized spacial score (nSPS) is 18.9. The van der Waals surface area contributed by atoms with Gasteiger partial charge in [0.1, 0.15) is 0 Å². The summed E-state index contributed by atoms with van der Waals surface area (Å²) in [6.45, 7) is 7.80. The number of nitrogens with one attached hydrogen (secondary N) is 1. The van der Waals surface area contributed by atoms with E-state index in [-0.39, 0.29) is 17.9 Å². The molecule has 0 radical (unpaired) electrons. The fourth-order valence-electron chi connectivity index (χ4n) is 2.04. The van der Waals surface area contributed by atoms with Gasteiger partial charge in [-0.05, 0) is 25.3 Å². The molecule has 1 unspecified atom stereocenters. The fourth-order valence-corrected chi connectivity index (χ4v) is 2.04. The quantitative estimate of drug-likeness (QED) is 0.717. The Morgan fingerprint density at radius 1 is 1.24 bits per heavy atom. The molecule has 1 N–H and O–H groups in total. The highest BCUT2D eigenvalue weighted by molar-refractivity contribution is 5.97. The summed E-state index contributed by atoms with van der Waals surface area (Å²) in [4.78, 5) is 24.9. The van der Waals surface area contributed by atoms with Crippen molar-refractivity contribution in [3.63, 3.8) is 0 Å². The van der Waals surface area contributed by atoms with Gasteiger partial charge in [0, 0.05) is 25.4 Å². The molecule has 1 aliphatic rings. The lowest BCUT2D eigenvalue weighted by Gasteiger charge is -2.31. The van der Waals surface area contributed by atoms with E-state index in [9.17, 15) is 9.59 Å². The number of carbonyl (C=O) groups excluding carboxylic acids is 2. The van der Waals surface area contributed by atoms with Crippen molar-refractivity contribution in [2.24, 2.45) is 5.92 Å². The molecule has 1 rings (SSSR count). The first-order chi connectivity index (χ1) is 8.06. The van der Waals surface area contributed by atoms with Crippen LogP contribution in [0.15, 0.2) is 0 Å². The maximum atomic E-state index is 11.7. The van der Waals surface area contributed by atoms with Gasteiger partial charge in [0.25, 0.3) is 0 Å². The number of hydrogen-bond acceptors (Lipinski definition) is 3. The maximum Gasteiger partial charge on any atom is 0.229 e. The summed E-state index contributed by atoms with van der Waals surface area (Å²) in [5.41, 5.74) is 0. The lowest BCUT2D eigenvalue weighted by atomic mass is 10.0. The SMILES string of the molecule is CCCNC(CN1C(=O)CCCC1=O)C(C)C. The summed E-state index contributed by atoms with van der Waals surface area (Å²) < 4.78 is 0. The Morgan fingerprint density at radius 3 is 2.29 bits per heavy atom. The fraction of sp³-hybridized carbons (Fsp3) is 0.846.